The SMILES string of the molecule is O=C1CCCC1C1CCCCN1Cc1cccc(O)c1. The van der Waals surface area contributed by atoms with Gasteiger partial charge in [-0.25, -0.2) is 0 Å². The van der Waals surface area contributed by atoms with E-state index in [4.69, 9.17) is 0 Å². The number of aromatic hydroxyl groups is 1. The van der Waals surface area contributed by atoms with Gasteiger partial charge in [0.2, 0.25) is 0 Å². The van der Waals surface area contributed by atoms with Crippen molar-refractivity contribution in [3.63, 3.8) is 0 Å². The number of carbonyl (C=O) groups excluding carboxylic acids is 1. The Kier molecular flexibility index (Phi) is 4.06. The fourth-order valence-corrected chi connectivity index (χ4v) is 3.81. The van der Waals surface area contributed by atoms with Gasteiger partial charge in [-0.15, -0.1) is 0 Å². The lowest BCUT2D eigenvalue weighted by atomic mass is 9.88. The van der Waals surface area contributed by atoms with Gasteiger partial charge in [-0.1, -0.05) is 18.6 Å². The summed E-state index contributed by atoms with van der Waals surface area (Å²) in [6.45, 7) is 1.92. The molecule has 20 heavy (non-hydrogen) atoms. The lowest BCUT2D eigenvalue weighted by Crippen LogP contribution is -2.44. The van der Waals surface area contributed by atoms with Crippen LogP contribution in [0.25, 0.3) is 0 Å². The van der Waals surface area contributed by atoms with Gasteiger partial charge in [-0.2, -0.15) is 0 Å². The van der Waals surface area contributed by atoms with Crippen LogP contribution in [-0.4, -0.2) is 28.4 Å². The highest BCUT2D eigenvalue weighted by Crippen LogP contribution is 2.33. The van der Waals surface area contributed by atoms with Gasteiger partial charge in [-0.3, -0.25) is 9.69 Å². The third-order valence-corrected chi connectivity index (χ3v) is 4.78. The van der Waals surface area contributed by atoms with Crippen LogP contribution in [0.15, 0.2) is 24.3 Å². The number of piperidine rings is 1. The van der Waals surface area contributed by atoms with Gasteiger partial charge in [0, 0.05) is 24.9 Å². The maximum Gasteiger partial charge on any atom is 0.137 e. The average Bonchev–Trinajstić information content (AvgIpc) is 2.86. The minimum Gasteiger partial charge on any atom is -0.508 e. The zero-order valence-corrected chi connectivity index (χ0v) is 11.9. The number of phenols is 1. The molecule has 3 nitrogen and oxygen atoms in total. The van der Waals surface area contributed by atoms with Crippen molar-refractivity contribution in [2.24, 2.45) is 5.92 Å². The largest absolute Gasteiger partial charge is 0.508 e. The van der Waals surface area contributed by atoms with E-state index in [-0.39, 0.29) is 5.92 Å². The van der Waals surface area contributed by atoms with Crippen molar-refractivity contribution in [3.8, 4) is 5.75 Å². The molecule has 1 aliphatic heterocycles. The lowest BCUT2D eigenvalue weighted by Gasteiger charge is -2.38. The van der Waals surface area contributed by atoms with E-state index >= 15 is 0 Å². The third kappa shape index (κ3) is 2.88. The molecular formula is C17H23NO2. The predicted octanol–water partition coefficient (Wildman–Crippen LogP) is 3.12. The molecule has 3 rings (SSSR count). The van der Waals surface area contributed by atoms with Gasteiger partial charge in [0.15, 0.2) is 0 Å². The van der Waals surface area contributed by atoms with E-state index in [9.17, 15) is 9.90 Å². The summed E-state index contributed by atoms with van der Waals surface area (Å²) in [6, 6.07) is 7.91. The molecule has 108 valence electrons. The Bertz CT molecular complexity index is 486. The van der Waals surface area contributed by atoms with Crippen LogP contribution < -0.4 is 0 Å². The van der Waals surface area contributed by atoms with E-state index in [1.807, 2.05) is 12.1 Å². The number of phenolic OH excluding ortho intramolecular Hbond substituents is 1. The van der Waals surface area contributed by atoms with Gasteiger partial charge in [0.1, 0.15) is 11.5 Å². The summed E-state index contributed by atoms with van der Waals surface area (Å²) in [6.07, 6.45) is 6.53. The molecule has 2 fully saturated rings. The number of hydrogen-bond acceptors (Lipinski definition) is 3. The Morgan fingerprint density at radius 3 is 2.85 bits per heavy atom. The van der Waals surface area contributed by atoms with Crippen molar-refractivity contribution >= 4 is 5.78 Å². The fourth-order valence-electron chi connectivity index (χ4n) is 3.81. The second-order valence-electron chi connectivity index (χ2n) is 6.17. The summed E-state index contributed by atoms with van der Waals surface area (Å²) in [5.41, 5.74) is 1.14. The molecule has 1 saturated carbocycles. The highest BCUT2D eigenvalue weighted by molar-refractivity contribution is 5.83. The number of hydrogen-bond donors (Lipinski definition) is 1. The summed E-state index contributed by atoms with van der Waals surface area (Å²) in [5, 5.41) is 9.59. The Balaban J connectivity index is 1.73. The van der Waals surface area contributed by atoms with Crippen LogP contribution in [0.3, 0.4) is 0 Å². The normalized spacial score (nSPS) is 27.9. The zero-order chi connectivity index (χ0) is 13.9. The first-order chi connectivity index (χ1) is 9.74. The van der Waals surface area contributed by atoms with E-state index in [1.165, 1.54) is 12.8 Å². The van der Waals surface area contributed by atoms with E-state index in [1.54, 1.807) is 6.07 Å². The van der Waals surface area contributed by atoms with Gasteiger partial charge in [0.25, 0.3) is 0 Å². The quantitative estimate of drug-likeness (QED) is 0.920. The van der Waals surface area contributed by atoms with E-state index < -0.39 is 0 Å². The number of ketones is 1. The second-order valence-corrected chi connectivity index (χ2v) is 6.17. The Morgan fingerprint density at radius 1 is 1.20 bits per heavy atom. The number of likely N-dealkylation sites (tertiary alicyclic amines) is 1. The fraction of sp³-hybridized carbons (Fsp3) is 0.588. The molecule has 2 aliphatic rings. The van der Waals surface area contributed by atoms with Gasteiger partial charge >= 0.3 is 0 Å². The smallest absolute Gasteiger partial charge is 0.137 e. The molecule has 1 saturated heterocycles. The molecule has 1 aromatic carbocycles. The van der Waals surface area contributed by atoms with E-state index in [0.29, 0.717) is 17.6 Å². The molecule has 2 unspecified atom stereocenters. The molecule has 1 aromatic rings. The number of Topliss-reactive ketones (excluding diaryl/α,β-unsaturated/α-hetero) is 1. The number of carbonyl (C=O) groups is 1. The van der Waals surface area contributed by atoms with Crippen LogP contribution in [0.2, 0.25) is 0 Å². The van der Waals surface area contributed by atoms with E-state index in [2.05, 4.69) is 11.0 Å². The molecule has 1 aliphatic carbocycles. The first-order valence-corrected chi connectivity index (χ1v) is 7.79. The average molecular weight is 273 g/mol. The molecule has 0 bridgehead atoms. The van der Waals surface area contributed by atoms with Crippen LogP contribution in [0, 0.1) is 5.92 Å². The monoisotopic (exact) mass is 273 g/mol. The van der Waals surface area contributed by atoms with Gasteiger partial charge in [-0.05, 0) is 49.9 Å². The lowest BCUT2D eigenvalue weighted by molar-refractivity contribution is -0.123. The maximum absolute atomic E-state index is 12.1. The predicted molar refractivity (Wildman–Crippen MR) is 78.5 cm³/mol. The van der Waals surface area contributed by atoms with Crippen LogP contribution in [-0.2, 0) is 11.3 Å². The molecule has 0 spiro atoms. The number of benzene rings is 1. The molecule has 0 amide bonds. The van der Waals surface area contributed by atoms with Crippen molar-refractivity contribution in [2.75, 3.05) is 6.54 Å². The summed E-state index contributed by atoms with van der Waals surface area (Å²) in [7, 11) is 0. The molecule has 0 radical (unpaired) electrons. The Morgan fingerprint density at radius 2 is 2.10 bits per heavy atom. The van der Waals surface area contributed by atoms with Crippen molar-refractivity contribution < 1.29 is 9.90 Å². The second kappa shape index (κ2) is 5.96. The maximum atomic E-state index is 12.1. The number of nitrogens with zero attached hydrogens (tertiary/aromatic N) is 1. The Hall–Kier alpha value is -1.35. The van der Waals surface area contributed by atoms with Crippen LogP contribution in [0.4, 0.5) is 0 Å². The van der Waals surface area contributed by atoms with Crippen molar-refractivity contribution in [3.05, 3.63) is 29.8 Å². The molecule has 3 heteroatoms. The first kappa shape index (κ1) is 13.6. The topological polar surface area (TPSA) is 40.5 Å². The molecule has 1 N–H and O–H groups in total. The highest BCUT2D eigenvalue weighted by atomic mass is 16.3. The van der Waals surface area contributed by atoms with Crippen LogP contribution in [0.1, 0.15) is 44.1 Å². The summed E-state index contributed by atoms with van der Waals surface area (Å²) in [4.78, 5) is 14.5. The Labute approximate surface area is 120 Å². The van der Waals surface area contributed by atoms with Crippen LogP contribution in [0.5, 0.6) is 5.75 Å². The summed E-state index contributed by atoms with van der Waals surface area (Å²) in [5.74, 6) is 1.05. The summed E-state index contributed by atoms with van der Waals surface area (Å²) >= 11 is 0. The van der Waals surface area contributed by atoms with Gasteiger partial charge < -0.3 is 5.11 Å². The molecular weight excluding hydrogens is 250 g/mol. The molecule has 1 heterocycles. The van der Waals surface area contributed by atoms with Crippen molar-refractivity contribution in [1.29, 1.82) is 0 Å². The third-order valence-electron chi connectivity index (χ3n) is 4.78. The minimum atomic E-state index is 0.257. The van der Waals surface area contributed by atoms with Crippen molar-refractivity contribution in [1.82, 2.24) is 4.90 Å². The number of rotatable bonds is 3. The standard InChI is InChI=1S/C17H23NO2/c19-14-6-3-5-13(11-14)12-18-10-2-1-8-16(18)15-7-4-9-17(15)20/h3,5-6,11,15-16,19H,1-2,4,7-10,12H2. The zero-order valence-electron chi connectivity index (χ0n) is 11.9. The van der Waals surface area contributed by atoms with Gasteiger partial charge in [0.05, 0.1) is 0 Å². The molecule has 0 aromatic heterocycles. The van der Waals surface area contributed by atoms with Crippen molar-refractivity contribution in [2.45, 2.75) is 51.1 Å². The van der Waals surface area contributed by atoms with E-state index in [0.717, 1.165) is 44.3 Å². The summed E-state index contributed by atoms with van der Waals surface area (Å²) < 4.78 is 0. The highest BCUT2D eigenvalue weighted by Gasteiger charge is 2.36. The first-order valence-electron chi connectivity index (χ1n) is 7.79. The van der Waals surface area contributed by atoms with Crippen LogP contribution >= 0.6 is 0 Å². The molecule has 2 atom stereocenters. The minimum absolute atomic E-state index is 0.257.